The number of hydrogen-bond acceptors (Lipinski definition) is 5. The first-order valence-corrected chi connectivity index (χ1v) is 9.10. The third-order valence-corrected chi connectivity index (χ3v) is 4.27. The van der Waals surface area contributed by atoms with Crippen molar-refractivity contribution in [1.82, 2.24) is 14.7 Å². The minimum Gasteiger partial charge on any atom is -0.451 e. The Hall–Kier alpha value is -3.74. The molecule has 3 aromatic rings. The fourth-order valence-electron chi connectivity index (χ4n) is 2.68. The van der Waals surface area contributed by atoms with E-state index in [1.54, 1.807) is 7.05 Å². The summed E-state index contributed by atoms with van der Waals surface area (Å²) in [4.78, 5) is 38.0. The van der Waals surface area contributed by atoms with Crippen LogP contribution in [0.25, 0.3) is 0 Å². The summed E-state index contributed by atoms with van der Waals surface area (Å²) in [6.07, 6.45) is 0. The lowest BCUT2D eigenvalue weighted by Gasteiger charge is -2.17. The fourth-order valence-corrected chi connectivity index (χ4v) is 2.68. The Labute approximate surface area is 168 Å². The summed E-state index contributed by atoms with van der Waals surface area (Å²) in [5.74, 6) is -1.09. The molecule has 1 aromatic heterocycles. The second kappa shape index (κ2) is 9.45. The highest BCUT2D eigenvalue weighted by Crippen LogP contribution is 2.04. The van der Waals surface area contributed by atoms with E-state index in [9.17, 15) is 14.4 Å². The van der Waals surface area contributed by atoms with Crippen LogP contribution in [0.3, 0.4) is 0 Å². The van der Waals surface area contributed by atoms with Crippen molar-refractivity contribution >= 4 is 11.9 Å². The van der Waals surface area contributed by atoms with Crippen molar-refractivity contribution < 1.29 is 14.3 Å². The predicted molar refractivity (Wildman–Crippen MR) is 107 cm³/mol. The third-order valence-electron chi connectivity index (χ3n) is 4.27. The Morgan fingerprint density at radius 2 is 1.55 bits per heavy atom. The Kier molecular flexibility index (Phi) is 6.52. The summed E-state index contributed by atoms with van der Waals surface area (Å²) in [6.45, 7) is 0.249. The van der Waals surface area contributed by atoms with Crippen molar-refractivity contribution in [1.29, 1.82) is 0 Å². The zero-order valence-corrected chi connectivity index (χ0v) is 16.0. The average Bonchev–Trinajstić information content (AvgIpc) is 2.74. The molecule has 0 saturated carbocycles. The molecule has 29 heavy (non-hydrogen) atoms. The van der Waals surface area contributed by atoms with Crippen LogP contribution in [-0.4, -0.2) is 40.2 Å². The van der Waals surface area contributed by atoms with E-state index in [1.165, 1.54) is 21.7 Å². The summed E-state index contributed by atoms with van der Waals surface area (Å²) in [7, 11) is 1.64. The highest BCUT2D eigenvalue weighted by molar-refractivity contribution is 5.89. The molecule has 1 heterocycles. The highest BCUT2D eigenvalue weighted by atomic mass is 16.5. The second-order valence-electron chi connectivity index (χ2n) is 6.51. The lowest BCUT2D eigenvalue weighted by atomic mass is 10.2. The maximum atomic E-state index is 12.3. The quantitative estimate of drug-likeness (QED) is 0.576. The first-order valence-electron chi connectivity index (χ1n) is 9.10. The smallest absolute Gasteiger partial charge is 0.359 e. The van der Waals surface area contributed by atoms with Gasteiger partial charge in [0.05, 0.1) is 6.54 Å². The number of benzene rings is 2. The zero-order chi connectivity index (χ0) is 20.6. The van der Waals surface area contributed by atoms with Crippen molar-refractivity contribution in [3.05, 3.63) is 100.0 Å². The van der Waals surface area contributed by atoms with Gasteiger partial charge >= 0.3 is 5.97 Å². The molecule has 0 aliphatic heterocycles. The Bertz CT molecular complexity index is 1030. The molecule has 0 unspecified atom stereocenters. The maximum absolute atomic E-state index is 12.3. The van der Waals surface area contributed by atoms with Crippen LogP contribution >= 0.6 is 0 Å². The number of hydrogen-bond donors (Lipinski definition) is 0. The molecule has 0 fully saturated rings. The van der Waals surface area contributed by atoms with Crippen molar-refractivity contribution in [3.63, 3.8) is 0 Å². The van der Waals surface area contributed by atoms with Crippen LogP contribution in [0.2, 0.25) is 0 Å². The molecule has 0 atom stereocenters. The van der Waals surface area contributed by atoms with Crippen molar-refractivity contribution in [3.8, 4) is 0 Å². The van der Waals surface area contributed by atoms with Crippen LogP contribution in [0.15, 0.2) is 77.6 Å². The van der Waals surface area contributed by atoms with Crippen LogP contribution in [-0.2, 0) is 22.6 Å². The third kappa shape index (κ3) is 5.62. The van der Waals surface area contributed by atoms with Gasteiger partial charge in [-0.25, -0.2) is 9.48 Å². The Morgan fingerprint density at radius 3 is 2.21 bits per heavy atom. The predicted octanol–water partition coefficient (Wildman–Crippen LogP) is 2.11. The van der Waals surface area contributed by atoms with E-state index in [1.807, 2.05) is 60.7 Å². The van der Waals surface area contributed by atoms with Gasteiger partial charge < -0.3 is 9.64 Å². The molecule has 0 bridgehead atoms. The summed E-state index contributed by atoms with van der Waals surface area (Å²) in [5, 5.41) is 4.06. The molecule has 2 aromatic carbocycles. The molecule has 0 spiro atoms. The highest BCUT2D eigenvalue weighted by Gasteiger charge is 2.16. The monoisotopic (exact) mass is 391 g/mol. The number of aromatic nitrogens is 2. The topological polar surface area (TPSA) is 81.5 Å². The molecule has 0 saturated heterocycles. The number of likely N-dealkylation sites (N-methyl/N-ethyl adjacent to an activating group) is 1. The lowest BCUT2D eigenvalue weighted by Crippen LogP contribution is -2.31. The van der Waals surface area contributed by atoms with Crippen LogP contribution in [0.4, 0.5) is 0 Å². The standard InChI is InChI=1S/C22H21N3O4/c1-24(14-17-8-4-2-5-9-17)21(27)16-29-22(28)19-12-13-20(26)25(23-19)15-18-10-6-3-7-11-18/h2-13H,14-16H2,1H3. The number of esters is 1. The molecule has 0 radical (unpaired) electrons. The number of carbonyl (C=O) groups is 2. The van der Waals surface area contributed by atoms with Gasteiger partial charge in [0, 0.05) is 19.7 Å². The summed E-state index contributed by atoms with van der Waals surface area (Å²) in [5.41, 5.74) is 1.50. The van der Waals surface area contributed by atoms with Gasteiger partial charge in [-0.3, -0.25) is 9.59 Å². The van der Waals surface area contributed by atoms with Gasteiger partial charge in [-0.05, 0) is 17.2 Å². The van der Waals surface area contributed by atoms with Crippen molar-refractivity contribution in [2.24, 2.45) is 0 Å². The van der Waals surface area contributed by atoms with Gasteiger partial charge in [0.2, 0.25) is 0 Å². The molecule has 0 N–H and O–H groups in total. The van der Waals surface area contributed by atoms with E-state index in [0.717, 1.165) is 11.1 Å². The summed E-state index contributed by atoms with van der Waals surface area (Å²) < 4.78 is 6.28. The number of carbonyl (C=O) groups excluding carboxylic acids is 2. The van der Waals surface area contributed by atoms with Gasteiger partial charge in [-0.15, -0.1) is 0 Å². The summed E-state index contributed by atoms with van der Waals surface area (Å²) in [6, 6.07) is 21.4. The number of nitrogens with zero attached hydrogens (tertiary/aromatic N) is 3. The van der Waals surface area contributed by atoms with Gasteiger partial charge in [0.15, 0.2) is 12.3 Å². The molecule has 0 aliphatic rings. The van der Waals surface area contributed by atoms with E-state index in [4.69, 9.17) is 4.74 Å². The van der Waals surface area contributed by atoms with E-state index >= 15 is 0 Å². The molecular weight excluding hydrogens is 370 g/mol. The molecule has 148 valence electrons. The SMILES string of the molecule is CN(Cc1ccccc1)C(=O)COC(=O)c1ccc(=O)n(Cc2ccccc2)n1. The molecule has 0 aliphatic carbocycles. The molecule has 3 rings (SSSR count). The Balaban J connectivity index is 1.59. The molecule has 7 heteroatoms. The first-order chi connectivity index (χ1) is 14.0. The van der Waals surface area contributed by atoms with E-state index in [2.05, 4.69) is 5.10 Å². The number of rotatable bonds is 7. The van der Waals surface area contributed by atoms with E-state index < -0.39 is 12.6 Å². The van der Waals surface area contributed by atoms with Crippen molar-refractivity contribution in [2.45, 2.75) is 13.1 Å². The molecular formula is C22H21N3O4. The second-order valence-corrected chi connectivity index (χ2v) is 6.51. The van der Waals surface area contributed by atoms with E-state index in [0.29, 0.717) is 6.54 Å². The van der Waals surface area contributed by atoms with Crippen LogP contribution < -0.4 is 5.56 Å². The van der Waals surface area contributed by atoms with Gasteiger partial charge in [0.1, 0.15) is 0 Å². The van der Waals surface area contributed by atoms with Gasteiger partial charge in [0.25, 0.3) is 11.5 Å². The number of ether oxygens (including phenoxy) is 1. The minimum absolute atomic E-state index is 0.0287. The molecule has 1 amide bonds. The fraction of sp³-hybridized carbons (Fsp3) is 0.182. The molecule has 7 nitrogen and oxygen atoms in total. The van der Waals surface area contributed by atoms with Gasteiger partial charge in [-0.1, -0.05) is 60.7 Å². The van der Waals surface area contributed by atoms with Crippen LogP contribution in [0.1, 0.15) is 21.6 Å². The van der Waals surface area contributed by atoms with E-state index in [-0.39, 0.29) is 23.7 Å². The lowest BCUT2D eigenvalue weighted by molar-refractivity contribution is -0.133. The summed E-state index contributed by atoms with van der Waals surface area (Å²) >= 11 is 0. The average molecular weight is 391 g/mol. The number of amides is 1. The maximum Gasteiger partial charge on any atom is 0.359 e. The van der Waals surface area contributed by atoms with Crippen molar-refractivity contribution in [2.75, 3.05) is 13.7 Å². The van der Waals surface area contributed by atoms with Crippen LogP contribution in [0, 0.1) is 0 Å². The normalized spacial score (nSPS) is 10.4. The first kappa shape index (κ1) is 20.0. The van der Waals surface area contributed by atoms with Gasteiger partial charge in [-0.2, -0.15) is 5.10 Å². The largest absolute Gasteiger partial charge is 0.451 e. The Morgan fingerprint density at radius 1 is 0.931 bits per heavy atom. The minimum atomic E-state index is -0.756. The van der Waals surface area contributed by atoms with Crippen LogP contribution in [0.5, 0.6) is 0 Å². The zero-order valence-electron chi connectivity index (χ0n) is 16.0.